The van der Waals surface area contributed by atoms with Crippen molar-refractivity contribution in [1.82, 2.24) is 15.5 Å². The molecule has 0 radical (unpaired) electrons. The van der Waals surface area contributed by atoms with Crippen molar-refractivity contribution in [3.05, 3.63) is 0 Å². The van der Waals surface area contributed by atoms with E-state index in [0.717, 1.165) is 13.1 Å². The number of rotatable bonds is 7. The monoisotopic (exact) mass is 302 g/mol. The third-order valence-corrected chi connectivity index (χ3v) is 3.02. The van der Waals surface area contributed by atoms with Crippen molar-refractivity contribution in [2.45, 2.75) is 25.4 Å². The van der Waals surface area contributed by atoms with Crippen molar-refractivity contribution >= 4 is 17.9 Å². The van der Waals surface area contributed by atoms with Gasteiger partial charge in [0.1, 0.15) is 6.04 Å². The van der Waals surface area contributed by atoms with Gasteiger partial charge in [0, 0.05) is 25.7 Å². The first-order valence-corrected chi connectivity index (χ1v) is 6.76. The van der Waals surface area contributed by atoms with Gasteiger partial charge in [0.25, 0.3) is 0 Å². The van der Waals surface area contributed by atoms with Crippen molar-refractivity contribution in [2.24, 2.45) is 5.73 Å². The first-order chi connectivity index (χ1) is 9.88. The molecule has 0 aromatic carbocycles. The lowest BCUT2D eigenvalue weighted by Crippen LogP contribution is -2.52. The molecule has 0 aromatic rings. The Morgan fingerprint density at radius 2 is 1.90 bits per heavy atom. The normalized spacial score (nSPS) is 18.5. The number of nitrogens with one attached hydrogen (secondary N) is 2. The minimum atomic E-state index is -1.32. The predicted molar refractivity (Wildman–Crippen MR) is 73.6 cm³/mol. The molecule has 2 atom stereocenters. The van der Waals surface area contributed by atoms with E-state index in [4.69, 9.17) is 15.6 Å². The van der Waals surface area contributed by atoms with E-state index in [1.165, 1.54) is 0 Å². The molecule has 1 heterocycles. The zero-order valence-corrected chi connectivity index (χ0v) is 12.0. The Bertz CT molecular complexity index is 384. The van der Waals surface area contributed by atoms with Crippen molar-refractivity contribution in [2.75, 3.05) is 32.8 Å². The molecular weight excluding hydrogens is 280 g/mol. The average molecular weight is 302 g/mol. The molecule has 1 unspecified atom stereocenters. The van der Waals surface area contributed by atoms with Gasteiger partial charge in [-0.3, -0.25) is 9.69 Å². The number of hydrogen-bond donors (Lipinski definition) is 4. The number of aliphatic carboxylic acids is 1. The molecule has 1 aliphatic rings. The van der Waals surface area contributed by atoms with E-state index in [1.54, 1.807) is 0 Å². The van der Waals surface area contributed by atoms with E-state index in [9.17, 15) is 14.4 Å². The summed E-state index contributed by atoms with van der Waals surface area (Å²) in [4.78, 5) is 35.5. The number of morpholine rings is 1. The van der Waals surface area contributed by atoms with Gasteiger partial charge in [-0.15, -0.1) is 0 Å². The number of urea groups is 1. The van der Waals surface area contributed by atoms with Gasteiger partial charge in [0.2, 0.25) is 5.91 Å². The van der Waals surface area contributed by atoms with E-state index in [-0.39, 0.29) is 6.04 Å². The molecule has 9 heteroatoms. The summed E-state index contributed by atoms with van der Waals surface area (Å²) in [5.74, 6) is -2.09. The highest BCUT2D eigenvalue weighted by atomic mass is 16.5. The molecule has 3 amide bonds. The van der Waals surface area contributed by atoms with Crippen LogP contribution in [0.5, 0.6) is 0 Å². The number of carbonyl (C=O) groups excluding carboxylic acids is 2. The molecular formula is C12H22N4O5. The second-order valence-electron chi connectivity index (χ2n) is 4.99. The summed E-state index contributed by atoms with van der Waals surface area (Å²) >= 11 is 0. The second kappa shape index (κ2) is 8.42. The molecule has 0 aliphatic carbocycles. The third-order valence-electron chi connectivity index (χ3n) is 3.02. The highest BCUT2D eigenvalue weighted by Gasteiger charge is 2.23. The van der Waals surface area contributed by atoms with Crippen molar-refractivity contribution in [3.8, 4) is 0 Å². The van der Waals surface area contributed by atoms with E-state index < -0.39 is 30.4 Å². The number of ether oxygens (including phenoxy) is 1. The van der Waals surface area contributed by atoms with Gasteiger partial charge < -0.3 is 26.2 Å². The fourth-order valence-electron chi connectivity index (χ4n) is 2.04. The zero-order valence-electron chi connectivity index (χ0n) is 12.0. The summed E-state index contributed by atoms with van der Waals surface area (Å²) in [5, 5.41) is 13.8. The number of amides is 3. The number of primary amides is 1. The first-order valence-electron chi connectivity index (χ1n) is 6.76. The topological polar surface area (TPSA) is 134 Å². The summed E-state index contributed by atoms with van der Waals surface area (Å²) in [5.41, 5.74) is 4.94. The fourth-order valence-corrected chi connectivity index (χ4v) is 2.04. The summed E-state index contributed by atoms with van der Waals surface area (Å²) in [6.45, 7) is 5.39. The van der Waals surface area contributed by atoms with Crippen LogP contribution in [0.25, 0.3) is 0 Å². The summed E-state index contributed by atoms with van der Waals surface area (Å²) in [6, 6.07) is -2.12. The van der Waals surface area contributed by atoms with Gasteiger partial charge in [-0.05, 0) is 6.92 Å². The zero-order chi connectivity index (χ0) is 15.8. The number of hydrogen-bond acceptors (Lipinski definition) is 5. The van der Waals surface area contributed by atoms with Gasteiger partial charge in [0.05, 0.1) is 19.6 Å². The number of carboxylic acid groups (broad SMARTS) is 1. The standard InChI is InChI=1S/C12H22N4O5/c1-8(7-16-2-4-21-5-3-16)14-12(20)15-9(11(18)19)6-10(13)17/h8-9H,2-7H2,1H3,(H2,13,17)(H,18,19)(H2,14,15,20)/t8?,9-/m1/s1. The van der Waals surface area contributed by atoms with Crippen LogP contribution < -0.4 is 16.4 Å². The minimum Gasteiger partial charge on any atom is -0.480 e. The molecule has 0 spiro atoms. The third kappa shape index (κ3) is 6.91. The lowest BCUT2D eigenvalue weighted by molar-refractivity contribution is -0.140. The molecule has 1 saturated heterocycles. The quantitative estimate of drug-likeness (QED) is 0.444. The molecule has 1 fully saturated rings. The van der Waals surface area contributed by atoms with Gasteiger partial charge >= 0.3 is 12.0 Å². The van der Waals surface area contributed by atoms with Crippen molar-refractivity contribution in [3.63, 3.8) is 0 Å². The molecule has 1 aliphatic heterocycles. The minimum absolute atomic E-state index is 0.161. The average Bonchev–Trinajstić information content (AvgIpc) is 2.38. The molecule has 0 saturated carbocycles. The van der Waals surface area contributed by atoms with Crippen LogP contribution in [-0.4, -0.2) is 72.8 Å². The maximum atomic E-state index is 11.7. The Hall–Kier alpha value is -1.87. The molecule has 0 aromatic heterocycles. The maximum absolute atomic E-state index is 11.7. The Kier molecular flexibility index (Phi) is 6.89. The first kappa shape index (κ1) is 17.2. The van der Waals surface area contributed by atoms with Gasteiger partial charge in [-0.25, -0.2) is 9.59 Å². The van der Waals surface area contributed by atoms with Crippen LogP contribution in [0.2, 0.25) is 0 Å². The Morgan fingerprint density at radius 1 is 1.29 bits per heavy atom. The van der Waals surface area contributed by atoms with Crippen LogP contribution in [0.15, 0.2) is 0 Å². The van der Waals surface area contributed by atoms with E-state index in [0.29, 0.717) is 19.8 Å². The molecule has 5 N–H and O–H groups in total. The number of nitrogens with two attached hydrogens (primary N) is 1. The van der Waals surface area contributed by atoms with Crippen molar-refractivity contribution < 1.29 is 24.2 Å². The smallest absolute Gasteiger partial charge is 0.326 e. The van der Waals surface area contributed by atoms with Gasteiger partial charge in [-0.1, -0.05) is 0 Å². The summed E-state index contributed by atoms with van der Waals surface area (Å²) in [7, 11) is 0. The number of nitrogens with zero attached hydrogens (tertiary/aromatic N) is 1. The van der Waals surface area contributed by atoms with Crippen LogP contribution >= 0.6 is 0 Å². The molecule has 120 valence electrons. The highest BCUT2D eigenvalue weighted by Crippen LogP contribution is 1.98. The molecule has 1 rings (SSSR count). The number of carbonyl (C=O) groups is 3. The van der Waals surface area contributed by atoms with E-state index in [2.05, 4.69) is 15.5 Å². The lowest BCUT2D eigenvalue weighted by atomic mass is 10.2. The van der Waals surface area contributed by atoms with Gasteiger partial charge in [0.15, 0.2) is 0 Å². The van der Waals surface area contributed by atoms with Crippen molar-refractivity contribution in [1.29, 1.82) is 0 Å². The Morgan fingerprint density at radius 3 is 2.43 bits per heavy atom. The SMILES string of the molecule is CC(CN1CCOCC1)NC(=O)N[C@H](CC(N)=O)C(=O)O. The van der Waals surface area contributed by atoms with Crippen LogP contribution in [-0.2, 0) is 14.3 Å². The van der Waals surface area contributed by atoms with Crippen LogP contribution in [0.4, 0.5) is 4.79 Å². The fraction of sp³-hybridized carbons (Fsp3) is 0.750. The highest BCUT2D eigenvalue weighted by molar-refractivity contribution is 5.87. The summed E-state index contributed by atoms with van der Waals surface area (Å²) < 4.78 is 5.23. The van der Waals surface area contributed by atoms with Crippen LogP contribution in [0, 0.1) is 0 Å². The summed E-state index contributed by atoms with van der Waals surface area (Å²) in [6.07, 6.45) is -0.444. The second-order valence-corrected chi connectivity index (χ2v) is 4.99. The van der Waals surface area contributed by atoms with E-state index in [1.807, 2.05) is 6.92 Å². The largest absolute Gasteiger partial charge is 0.480 e. The Balaban J connectivity index is 2.36. The van der Waals surface area contributed by atoms with E-state index >= 15 is 0 Å². The van der Waals surface area contributed by atoms with Crippen LogP contribution in [0.1, 0.15) is 13.3 Å². The number of carboxylic acids is 1. The van der Waals surface area contributed by atoms with Crippen LogP contribution in [0.3, 0.4) is 0 Å². The molecule has 21 heavy (non-hydrogen) atoms. The maximum Gasteiger partial charge on any atom is 0.326 e. The lowest BCUT2D eigenvalue weighted by Gasteiger charge is -2.29. The predicted octanol–water partition coefficient (Wildman–Crippen LogP) is -1.67. The van der Waals surface area contributed by atoms with Gasteiger partial charge in [-0.2, -0.15) is 0 Å². The molecule has 0 bridgehead atoms. The Labute approximate surface area is 122 Å². The molecule has 9 nitrogen and oxygen atoms in total.